The summed E-state index contributed by atoms with van der Waals surface area (Å²) in [5.41, 5.74) is 7.08. The van der Waals surface area contributed by atoms with E-state index in [1.54, 1.807) is 0 Å². The lowest BCUT2D eigenvalue weighted by Crippen LogP contribution is -2.44. The molecule has 8 nitrogen and oxygen atoms in total. The van der Waals surface area contributed by atoms with Gasteiger partial charge in [-0.2, -0.15) is 5.10 Å². The molecule has 4 aromatic rings. The Morgan fingerprint density at radius 2 is 1.94 bits per heavy atom. The lowest BCUT2D eigenvalue weighted by molar-refractivity contribution is 0.312. The maximum absolute atomic E-state index is 4.98. The molecule has 1 saturated heterocycles. The van der Waals surface area contributed by atoms with Gasteiger partial charge in [-0.25, -0.2) is 9.97 Å². The average Bonchev–Trinajstić information content (AvgIpc) is 3.43. The Morgan fingerprint density at radius 1 is 1.03 bits per heavy atom. The minimum Gasteiger partial charge on any atom is -0.353 e. The van der Waals surface area contributed by atoms with Crippen molar-refractivity contribution in [1.29, 1.82) is 0 Å². The smallest absolute Gasteiger partial charge is 0.138 e. The molecular weight excluding hydrogens is 388 g/mol. The number of hydrogen-bond acceptors (Lipinski definition) is 6. The Hall–Kier alpha value is -3.23. The zero-order chi connectivity index (χ0) is 20.8. The van der Waals surface area contributed by atoms with Crippen LogP contribution in [0, 0.1) is 0 Å². The van der Waals surface area contributed by atoms with Gasteiger partial charge in [-0.3, -0.25) is 5.10 Å². The lowest BCUT2D eigenvalue weighted by atomic mass is 10.0. The quantitative estimate of drug-likeness (QED) is 0.478. The van der Waals surface area contributed by atoms with Gasteiger partial charge in [0.25, 0.3) is 0 Å². The maximum atomic E-state index is 4.98. The van der Waals surface area contributed by atoms with Gasteiger partial charge in [0.2, 0.25) is 0 Å². The van der Waals surface area contributed by atoms with E-state index in [2.05, 4.69) is 61.6 Å². The van der Waals surface area contributed by atoms with Crippen LogP contribution in [0.1, 0.15) is 12.1 Å². The SMILES string of the molecule is CN1CCN(c2nccc3[nH]c(-c4n[nH]c5ccc(C6=CCNCC6)nc45)cc23)CC1. The van der Waals surface area contributed by atoms with Gasteiger partial charge in [-0.15, -0.1) is 0 Å². The third-order valence-corrected chi connectivity index (χ3v) is 6.39. The highest BCUT2D eigenvalue weighted by molar-refractivity contribution is 5.98. The van der Waals surface area contributed by atoms with E-state index in [0.29, 0.717) is 0 Å². The van der Waals surface area contributed by atoms with Crippen molar-refractivity contribution in [1.82, 2.24) is 35.4 Å². The maximum Gasteiger partial charge on any atom is 0.138 e. The molecule has 8 heteroatoms. The summed E-state index contributed by atoms with van der Waals surface area (Å²) in [5.74, 6) is 1.04. The average molecular weight is 415 g/mol. The van der Waals surface area contributed by atoms with Gasteiger partial charge < -0.3 is 20.1 Å². The van der Waals surface area contributed by atoms with E-state index in [0.717, 1.165) is 90.5 Å². The molecule has 2 aliphatic heterocycles. The molecule has 0 amide bonds. The lowest BCUT2D eigenvalue weighted by Gasteiger charge is -2.33. The molecule has 4 aromatic heterocycles. The summed E-state index contributed by atoms with van der Waals surface area (Å²) in [7, 11) is 2.17. The molecule has 0 aliphatic carbocycles. The standard InChI is InChI=1S/C23H26N8/c1-30-10-12-31(13-11-30)23-16-14-20(26-18(16)6-9-25-23)22-21-19(28-29-22)3-2-17(27-21)15-4-7-24-8-5-15/h2-4,6,9,14,24,26H,5,7-8,10-13H2,1H3,(H,28,29). The molecule has 0 saturated carbocycles. The van der Waals surface area contributed by atoms with Crippen molar-refractivity contribution < 1.29 is 0 Å². The topological polar surface area (TPSA) is 88.8 Å². The van der Waals surface area contributed by atoms with Gasteiger partial charge in [0.05, 0.1) is 22.4 Å². The highest BCUT2D eigenvalue weighted by Gasteiger charge is 2.20. The molecule has 6 rings (SSSR count). The summed E-state index contributed by atoms with van der Waals surface area (Å²) in [6.45, 7) is 5.98. The summed E-state index contributed by atoms with van der Waals surface area (Å²) < 4.78 is 0. The van der Waals surface area contributed by atoms with Crippen LogP contribution < -0.4 is 10.2 Å². The number of nitrogens with one attached hydrogen (secondary N) is 3. The van der Waals surface area contributed by atoms with Crippen LogP contribution in [0.5, 0.6) is 0 Å². The van der Waals surface area contributed by atoms with E-state index in [1.165, 1.54) is 5.57 Å². The second-order valence-corrected chi connectivity index (χ2v) is 8.42. The van der Waals surface area contributed by atoms with Gasteiger partial charge in [0.1, 0.15) is 17.0 Å². The van der Waals surface area contributed by atoms with Crippen molar-refractivity contribution in [3.05, 3.63) is 42.2 Å². The van der Waals surface area contributed by atoms with E-state index >= 15 is 0 Å². The molecular formula is C23H26N8. The Morgan fingerprint density at radius 3 is 2.77 bits per heavy atom. The number of likely N-dealkylation sites (N-methyl/N-ethyl adjacent to an activating group) is 1. The highest BCUT2D eigenvalue weighted by Crippen LogP contribution is 2.32. The first kappa shape index (κ1) is 18.5. The van der Waals surface area contributed by atoms with Crippen molar-refractivity contribution in [2.75, 3.05) is 51.2 Å². The monoisotopic (exact) mass is 414 g/mol. The van der Waals surface area contributed by atoms with Crippen molar-refractivity contribution in [3.63, 3.8) is 0 Å². The summed E-state index contributed by atoms with van der Waals surface area (Å²) in [4.78, 5) is 18.0. The molecule has 158 valence electrons. The highest BCUT2D eigenvalue weighted by atomic mass is 15.3. The number of H-pyrrole nitrogens is 2. The molecule has 6 heterocycles. The normalized spacial score (nSPS) is 18.1. The summed E-state index contributed by atoms with van der Waals surface area (Å²) in [6, 6.07) is 8.37. The van der Waals surface area contributed by atoms with Gasteiger partial charge in [0, 0.05) is 44.3 Å². The Labute approximate surface area is 180 Å². The number of fused-ring (bicyclic) bond motifs is 2. The Bertz CT molecular complexity index is 1280. The molecule has 0 aromatic carbocycles. The second-order valence-electron chi connectivity index (χ2n) is 8.42. The summed E-state index contributed by atoms with van der Waals surface area (Å²) in [6.07, 6.45) is 5.12. The minimum atomic E-state index is 0.854. The fourth-order valence-corrected chi connectivity index (χ4v) is 4.56. The zero-order valence-corrected chi connectivity index (χ0v) is 17.6. The number of anilines is 1. The van der Waals surface area contributed by atoms with E-state index in [9.17, 15) is 0 Å². The summed E-state index contributed by atoms with van der Waals surface area (Å²) >= 11 is 0. The number of piperazine rings is 1. The molecule has 0 unspecified atom stereocenters. The van der Waals surface area contributed by atoms with Gasteiger partial charge in [-0.05, 0) is 49.9 Å². The first-order valence-corrected chi connectivity index (χ1v) is 10.9. The van der Waals surface area contributed by atoms with E-state index in [-0.39, 0.29) is 0 Å². The van der Waals surface area contributed by atoms with E-state index in [1.807, 2.05) is 12.3 Å². The van der Waals surface area contributed by atoms with Crippen LogP contribution in [0.25, 0.3) is 38.9 Å². The Kier molecular flexibility index (Phi) is 4.47. The van der Waals surface area contributed by atoms with Gasteiger partial charge in [0.15, 0.2) is 0 Å². The number of pyridine rings is 2. The molecule has 3 N–H and O–H groups in total. The zero-order valence-electron chi connectivity index (χ0n) is 17.6. The predicted molar refractivity (Wildman–Crippen MR) is 124 cm³/mol. The number of aromatic nitrogens is 5. The largest absolute Gasteiger partial charge is 0.353 e. The third-order valence-electron chi connectivity index (χ3n) is 6.39. The third kappa shape index (κ3) is 3.28. The fraction of sp³-hybridized carbons (Fsp3) is 0.348. The first-order chi connectivity index (χ1) is 15.3. The number of hydrogen-bond donors (Lipinski definition) is 3. The van der Waals surface area contributed by atoms with Crippen LogP contribution >= 0.6 is 0 Å². The van der Waals surface area contributed by atoms with E-state index in [4.69, 9.17) is 9.97 Å². The van der Waals surface area contributed by atoms with Crippen LogP contribution in [-0.2, 0) is 0 Å². The van der Waals surface area contributed by atoms with Gasteiger partial charge in [-0.1, -0.05) is 6.08 Å². The molecule has 0 spiro atoms. The first-order valence-electron chi connectivity index (χ1n) is 10.9. The van der Waals surface area contributed by atoms with Crippen LogP contribution in [-0.4, -0.2) is 76.4 Å². The van der Waals surface area contributed by atoms with Crippen molar-refractivity contribution in [2.45, 2.75) is 6.42 Å². The second kappa shape index (κ2) is 7.47. The van der Waals surface area contributed by atoms with Crippen LogP contribution in [0.4, 0.5) is 5.82 Å². The Balaban J connectivity index is 1.42. The fourth-order valence-electron chi connectivity index (χ4n) is 4.56. The molecule has 2 aliphatic rings. The number of aromatic amines is 2. The number of rotatable bonds is 3. The molecule has 31 heavy (non-hydrogen) atoms. The van der Waals surface area contributed by atoms with E-state index < -0.39 is 0 Å². The molecule has 0 radical (unpaired) electrons. The minimum absolute atomic E-state index is 0.854. The molecule has 1 fully saturated rings. The number of nitrogens with zero attached hydrogens (tertiary/aromatic N) is 5. The van der Waals surface area contributed by atoms with Crippen LogP contribution in [0.3, 0.4) is 0 Å². The molecule has 0 atom stereocenters. The van der Waals surface area contributed by atoms with Gasteiger partial charge >= 0.3 is 0 Å². The molecule has 0 bridgehead atoms. The van der Waals surface area contributed by atoms with Crippen molar-refractivity contribution in [3.8, 4) is 11.4 Å². The summed E-state index contributed by atoms with van der Waals surface area (Å²) in [5, 5.41) is 12.3. The van der Waals surface area contributed by atoms with Crippen LogP contribution in [0.15, 0.2) is 36.5 Å². The van der Waals surface area contributed by atoms with Crippen molar-refractivity contribution in [2.24, 2.45) is 0 Å². The van der Waals surface area contributed by atoms with Crippen molar-refractivity contribution >= 4 is 33.3 Å². The predicted octanol–water partition coefficient (Wildman–Crippen LogP) is 2.63. The van der Waals surface area contributed by atoms with Crippen LogP contribution in [0.2, 0.25) is 0 Å².